The Morgan fingerprint density at radius 2 is 1.68 bits per heavy atom. The molecule has 2 aromatic rings. The van der Waals surface area contributed by atoms with Crippen LogP contribution in [0.5, 0.6) is 0 Å². The van der Waals surface area contributed by atoms with Crippen LogP contribution in [0.3, 0.4) is 0 Å². The summed E-state index contributed by atoms with van der Waals surface area (Å²) in [5.74, 6) is 0.686. The Hall–Kier alpha value is -3.09. The summed E-state index contributed by atoms with van der Waals surface area (Å²) >= 11 is 6.97. The van der Waals surface area contributed by atoms with Crippen LogP contribution in [-0.4, -0.2) is 51.9 Å². The van der Waals surface area contributed by atoms with Crippen LogP contribution in [-0.2, 0) is 11.8 Å². The van der Waals surface area contributed by atoms with Crippen molar-refractivity contribution < 1.29 is 4.79 Å². The molecule has 0 spiro atoms. The molecule has 3 aliphatic rings. The second-order valence-electron chi connectivity index (χ2n) is 9.87. The van der Waals surface area contributed by atoms with E-state index < -0.39 is 0 Å². The van der Waals surface area contributed by atoms with E-state index in [2.05, 4.69) is 28.0 Å². The highest BCUT2D eigenvalue weighted by atomic mass is 32.2. The number of benzene rings is 1. The number of thioether (sulfide) groups is 1. The second-order valence-corrected chi connectivity index (χ2v) is 11.5. The molecule has 0 atom stereocenters. The Morgan fingerprint density at radius 1 is 1.03 bits per heavy atom. The number of aromatic nitrogens is 1. The largest absolute Gasteiger partial charge is 0.368 e. The van der Waals surface area contributed by atoms with Gasteiger partial charge >= 0.3 is 0 Å². The number of anilines is 2. The van der Waals surface area contributed by atoms with E-state index in [1.165, 1.54) is 23.9 Å². The first-order valence-electron chi connectivity index (χ1n) is 12.9. The third-order valence-electron chi connectivity index (χ3n) is 7.71. The highest BCUT2D eigenvalue weighted by molar-refractivity contribution is 8.26. The van der Waals surface area contributed by atoms with Crippen molar-refractivity contribution in [2.24, 2.45) is 7.05 Å². The minimum atomic E-state index is -0.313. The molecule has 192 valence electrons. The van der Waals surface area contributed by atoms with E-state index in [0.29, 0.717) is 14.8 Å². The van der Waals surface area contributed by atoms with Gasteiger partial charge in [0.05, 0.1) is 4.91 Å². The van der Waals surface area contributed by atoms with Crippen molar-refractivity contribution in [3.8, 4) is 6.07 Å². The Bertz CT molecular complexity index is 1350. The summed E-state index contributed by atoms with van der Waals surface area (Å²) in [6, 6.07) is 12.6. The first-order chi connectivity index (χ1) is 17.9. The molecule has 1 aromatic heterocycles. The van der Waals surface area contributed by atoms with Crippen LogP contribution in [0.2, 0.25) is 0 Å². The topological polar surface area (TPSA) is 72.6 Å². The van der Waals surface area contributed by atoms with Crippen molar-refractivity contribution in [3.63, 3.8) is 0 Å². The van der Waals surface area contributed by atoms with Crippen molar-refractivity contribution in [2.75, 3.05) is 36.0 Å². The van der Waals surface area contributed by atoms with E-state index in [1.807, 2.05) is 24.3 Å². The van der Waals surface area contributed by atoms with E-state index in [9.17, 15) is 14.9 Å². The van der Waals surface area contributed by atoms with E-state index in [0.717, 1.165) is 63.2 Å². The van der Waals surface area contributed by atoms with Gasteiger partial charge in [0.25, 0.3) is 11.5 Å². The lowest BCUT2D eigenvalue weighted by atomic mass is 9.94. The fourth-order valence-electron chi connectivity index (χ4n) is 5.67. The number of pyridine rings is 1. The van der Waals surface area contributed by atoms with Crippen LogP contribution in [0, 0.1) is 18.3 Å². The summed E-state index contributed by atoms with van der Waals surface area (Å²) in [5.41, 5.74) is 2.33. The van der Waals surface area contributed by atoms with Crippen LogP contribution < -0.4 is 15.4 Å². The molecular weight excluding hydrogens is 502 g/mol. The summed E-state index contributed by atoms with van der Waals surface area (Å²) in [4.78, 5) is 33.5. The number of piperazine rings is 1. The molecule has 7 nitrogen and oxygen atoms in total. The average Bonchev–Trinajstić information content (AvgIpc) is 3.21. The molecule has 2 saturated heterocycles. The average molecular weight is 534 g/mol. The van der Waals surface area contributed by atoms with Crippen molar-refractivity contribution in [3.05, 3.63) is 62.3 Å². The number of para-hydroxylation sites is 1. The normalized spacial score (nSPS) is 20.1. The first kappa shape index (κ1) is 25.6. The molecule has 2 aliphatic heterocycles. The molecule has 1 aliphatic carbocycles. The summed E-state index contributed by atoms with van der Waals surface area (Å²) in [6.45, 7) is 4.85. The quantitative estimate of drug-likeness (QED) is 0.425. The van der Waals surface area contributed by atoms with Crippen molar-refractivity contribution in [1.29, 1.82) is 5.26 Å². The van der Waals surface area contributed by atoms with Crippen LogP contribution in [0.4, 0.5) is 11.5 Å². The van der Waals surface area contributed by atoms with Gasteiger partial charge in [-0.05, 0) is 43.5 Å². The third kappa shape index (κ3) is 4.80. The number of nitrogens with zero attached hydrogens (tertiary/aromatic N) is 5. The molecule has 3 heterocycles. The van der Waals surface area contributed by atoms with Crippen molar-refractivity contribution in [1.82, 2.24) is 9.47 Å². The predicted molar refractivity (Wildman–Crippen MR) is 154 cm³/mol. The predicted octanol–water partition coefficient (Wildman–Crippen LogP) is 4.43. The van der Waals surface area contributed by atoms with Gasteiger partial charge in [0.2, 0.25) is 0 Å². The number of hydrogen-bond acceptors (Lipinski definition) is 7. The molecular formula is C28H31N5O2S2. The van der Waals surface area contributed by atoms with Gasteiger partial charge in [-0.1, -0.05) is 61.4 Å². The summed E-state index contributed by atoms with van der Waals surface area (Å²) in [7, 11) is 1.71. The maximum atomic E-state index is 13.5. The fourth-order valence-corrected chi connectivity index (χ4v) is 7.06. The Balaban J connectivity index is 1.50. The fraction of sp³-hybridized carbons (Fsp3) is 0.429. The maximum Gasteiger partial charge on any atom is 0.270 e. The van der Waals surface area contributed by atoms with E-state index in [4.69, 9.17) is 12.2 Å². The Labute approximate surface area is 227 Å². The lowest BCUT2D eigenvalue weighted by Crippen LogP contribution is -2.48. The summed E-state index contributed by atoms with van der Waals surface area (Å²) in [5, 5.41) is 9.77. The molecule has 3 fully saturated rings. The number of rotatable bonds is 4. The SMILES string of the molecule is Cc1c(/C=C2\SC(=S)N(C3CCCCC3)C2=O)c(N2CCN(c3ccccc3)CC2)n(C)c(=O)c1C#N. The second kappa shape index (κ2) is 10.7. The number of amides is 1. The van der Waals surface area contributed by atoms with E-state index >= 15 is 0 Å². The molecule has 5 rings (SSSR count). The molecule has 37 heavy (non-hydrogen) atoms. The van der Waals surface area contributed by atoms with Crippen LogP contribution >= 0.6 is 24.0 Å². The van der Waals surface area contributed by atoms with Gasteiger partial charge < -0.3 is 9.80 Å². The lowest BCUT2D eigenvalue weighted by molar-refractivity contribution is -0.124. The minimum absolute atomic E-state index is 0.0616. The molecule has 9 heteroatoms. The van der Waals surface area contributed by atoms with Crippen LogP contribution in [0.1, 0.15) is 48.8 Å². The number of carbonyl (C=O) groups excluding carboxylic acids is 1. The smallest absolute Gasteiger partial charge is 0.270 e. The van der Waals surface area contributed by atoms with Gasteiger partial charge in [0.15, 0.2) is 0 Å². The van der Waals surface area contributed by atoms with Gasteiger partial charge in [-0.3, -0.25) is 19.1 Å². The zero-order chi connectivity index (χ0) is 26.1. The Morgan fingerprint density at radius 3 is 2.32 bits per heavy atom. The van der Waals surface area contributed by atoms with E-state index in [-0.39, 0.29) is 23.1 Å². The van der Waals surface area contributed by atoms with Gasteiger partial charge in [0.1, 0.15) is 21.8 Å². The molecule has 0 N–H and O–H groups in total. The molecule has 1 saturated carbocycles. The summed E-state index contributed by atoms with van der Waals surface area (Å²) in [6.07, 6.45) is 7.26. The lowest BCUT2D eigenvalue weighted by Gasteiger charge is -2.38. The number of carbonyl (C=O) groups is 1. The molecule has 1 amide bonds. The van der Waals surface area contributed by atoms with Crippen molar-refractivity contribution >= 4 is 51.8 Å². The number of nitriles is 1. The maximum absolute atomic E-state index is 13.5. The molecule has 0 radical (unpaired) electrons. The van der Waals surface area contributed by atoms with Gasteiger partial charge in [-0.25, -0.2) is 0 Å². The zero-order valence-corrected chi connectivity index (χ0v) is 22.9. The van der Waals surface area contributed by atoms with Gasteiger partial charge in [0, 0.05) is 50.5 Å². The molecule has 0 bridgehead atoms. The van der Waals surface area contributed by atoms with Crippen LogP contribution in [0.25, 0.3) is 6.08 Å². The highest BCUT2D eigenvalue weighted by Crippen LogP contribution is 2.39. The van der Waals surface area contributed by atoms with Crippen LogP contribution in [0.15, 0.2) is 40.0 Å². The van der Waals surface area contributed by atoms with Gasteiger partial charge in [-0.2, -0.15) is 5.26 Å². The molecule has 1 aromatic carbocycles. The highest BCUT2D eigenvalue weighted by Gasteiger charge is 2.38. The number of hydrogen-bond donors (Lipinski definition) is 0. The zero-order valence-electron chi connectivity index (χ0n) is 21.3. The third-order valence-corrected chi connectivity index (χ3v) is 9.04. The summed E-state index contributed by atoms with van der Waals surface area (Å²) < 4.78 is 2.17. The number of thiocarbonyl (C=S) groups is 1. The monoisotopic (exact) mass is 533 g/mol. The standard InChI is InChI=1S/C28H31N5O2S2/c1-19-22(17-24-27(35)33(28(36)37-24)21-11-7-4-8-12-21)25(30(2)26(34)23(19)18-29)32-15-13-31(14-16-32)20-9-5-3-6-10-20/h3,5-6,9-10,17,21H,4,7-8,11-16H2,1-2H3/b24-17-. The molecule has 0 unspecified atom stereocenters. The van der Waals surface area contributed by atoms with Gasteiger partial charge in [-0.15, -0.1) is 0 Å². The van der Waals surface area contributed by atoms with E-state index in [1.54, 1.807) is 23.4 Å². The first-order valence-corrected chi connectivity index (χ1v) is 14.1. The minimum Gasteiger partial charge on any atom is -0.368 e. The Kier molecular flexibility index (Phi) is 7.40. The van der Waals surface area contributed by atoms with Crippen molar-refractivity contribution in [2.45, 2.75) is 45.1 Å².